The van der Waals surface area contributed by atoms with Gasteiger partial charge in [0.25, 0.3) is 10.0 Å². The van der Waals surface area contributed by atoms with E-state index in [1.807, 2.05) is 19.9 Å². The van der Waals surface area contributed by atoms with E-state index in [1.54, 1.807) is 19.4 Å². The SMILES string of the molecule is C=C(C(N)=NC1CC[N+](C)(S(=O)(=O)CCC(C)C)C1)c1cnc2[nH]ccc2n1. The molecule has 3 heterocycles. The fourth-order valence-corrected chi connectivity index (χ4v) is 5.39. The average Bonchev–Trinajstić information content (AvgIpc) is 3.26. The maximum atomic E-state index is 12.8. The van der Waals surface area contributed by atoms with Gasteiger partial charge in [0.1, 0.15) is 29.7 Å². The topological polar surface area (TPSA) is 114 Å². The molecule has 2 atom stereocenters. The van der Waals surface area contributed by atoms with Gasteiger partial charge in [0.15, 0.2) is 5.65 Å². The summed E-state index contributed by atoms with van der Waals surface area (Å²) in [5.74, 6) is 0.837. The molecular weight excluding hydrogens is 376 g/mol. The molecule has 3 rings (SSSR count). The van der Waals surface area contributed by atoms with Gasteiger partial charge in [-0.2, -0.15) is 8.42 Å². The van der Waals surface area contributed by atoms with E-state index in [0.29, 0.717) is 48.8 Å². The molecule has 0 spiro atoms. The molecule has 1 aliphatic heterocycles. The summed E-state index contributed by atoms with van der Waals surface area (Å²) in [5.41, 5.74) is 8.65. The molecule has 3 N–H and O–H groups in total. The summed E-state index contributed by atoms with van der Waals surface area (Å²) >= 11 is 0. The maximum Gasteiger partial charge on any atom is 0.296 e. The van der Waals surface area contributed by atoms with Gasteiger partial charge in [0, 0.05) is 18.2 Å². The highest BCUT2D eigenvalue weighted by molar-refractivity contribution is 7.85. The van der Waals surface area contributed by atoms with Crippen LogP contribution in [-0.4, -0.2) is 65.0 Å². The van der Waals surface area contributed by atoms with Crippen LogP contribution in [0.4, 0.5) is 0 Å². The number of likely N-dealkylation sites (N-methyl/N-ethyl adjacent to an activating group) is 1. The predicted octanol–water partition coefficient (Wildman–Crippen LogP) is 1.92. The Morgan fingerprint density at radius 1 is 1.50 bits per heavy atom. The second-order valence-corrected chi connectivity index (χ2v) is 10.5. The minimum atomic E-state index is -3.23. The Morgan fingerprint density at radius 3 is 2.96 bits per heavy atom. The highest BCUT2D eigenvalue weighted by atomic mass is 32.2. The Bertz CT molecular complexity index is 1010. The number of hydrogen-bond acceptors (Lipinski definition) is 5. The molecule has 28 heavy (non-hydrogen) atoms. The van der Waals surface area contributed by atoms with Gasteiger partial charge < -0.3 is 10.7 Å². The predicted molar refractivity (Wildman–Crippen MR) is 112 cm³/mol. The van der Waals surface area contributed by atoms with Crippen molar-refractivity contribution >= 4 is 32.6 Å². The van der Waals surface area contributed by atoms with Gasteiger partial charge in [-0.05, 0) is 18.4 Å². The monoisotopic (exact) mass is 405 g/mol. The number of H-pyrrole nitrogens is 1. The zero-order valence-electron chi connectivity index (χ0n) is 16.7. The van der Waals surface area contributed by atoms with Crippen molar-refractivity contribution in [2.75, 3.05) is 25.9 Å². The number of fused-ring (bicyclic) bond motifs is 1. The third-order valence-corrected chi connectivity index (χ3v) is 7.78. The van der Waals surface area contributed by atoms with Crippen LogP contribution in [0.1, 0.15) is 32.4 Å². The summed E-state index contributed by atoms with van der Waals surface area (Å²) in [6.07, 6.45) is 4.72. The number of sulfonamides is 1. The first-order valence-corrected chi connectivity index (χ1v) is 11.1. The maximum absolute atomic E-state index is 12.8. The molecule has 2 unspecified atom stereocenters. The highest BCUT2D eigenvalue weighted by Crippen LogP contribution is 2.26. The summed E-state index contributed by atoms with van der Waals surface area (Å²) in [7, 11) is -1.46. The van der Waals surface area contributed by atoms with E-state index in [1.165, 1.54) is 0 Å². The first-order chi connectivity index (χ1) is 13.1. The summed E-state index contributed by atoms with van der Waals surface area (Å²) in [6, 6.07) is 1.67. The Hall–Kier alpha value is -2.26. The Balaban J connectivity index is 1.72. The molecule has 1 fully saturated rings. The van der Waals surface area contributed by atoms with Crippen molar-refractivity contribution in [2.24, 2.45) is 16.6 Å². The van der Waals surface area contributed by atoms with Gasteiger partial charge in [0.05, 0.1) is 25.5 Å². The number of rotatable bonds is 7. The standard InChI is InChI=1S/C19H29N6O2S/c1-13(2)7-10-28(26,27)25(4)9-6-15(12-25)23-18(20)14(3)17-11-22-19-16(24-17)5-8-21-19/h5,8,11,13,15H,3,6-7,9-10,12H2,1-2,4H3,(H2,20,23)(H,21,22)/q+1. The number of hydrogen-bond donors (Lipinski definition) is 2. The quantitative estimate of drug-likeness (QED) is 0.415. The van der Waals surface area contributed by atoms with Gasteiger partial charge in [0.2, 0.25) is 0 Å². The van der Waals surface area contributed by atoms with E-state index in [4.69, 9.17) is 5.73 Å². The van der Waals surface area contributed by atoms with Gasteiger partial charge in [-0.1, -0.05) is 20.4 Å². The average molecular weight is 406 g/mol. The molecule has 0 amide bonds. The summed E-state index contributed by atoms with van der Waals surface area (Å²) in [5, 5.41) is 0. The lowest BCUT2D eigenvalue weighted by Crippen LogP contribution is -2.48. The number of amidine groups is 1. The zero-order chi connectivity index (χ0) is 20.5. The van der Waals surface area contributed by atoms with Crippen LogP contribution in [-0.2, 0) is 10.0 Å². The van der Waals surface area contributed by atoms with Crippen LogP contribution in [0.15, 0.2) is 30.0 Å². The smallest absolute Gasteiger partial charge is 0.296 e. The van der Waals surface area contributed by atoms with Crippen LogP contribution in [0.25, 0.3) is 16.7 Å². The van der Waals surface area contributed by atoms with Gasteiger partial charge >= 0.3 is 0 Å². The van der Waals surface area contributed by atoms with Crippen molar-refractivity contribution < 1.29 is 12.3 Å². The van der Waals surface area contributed by atoms with Crippen LogP contribution in [0, 0.1) is 5.92 Å². The number of nitrogens with zero attached hydrogens (tertiary/aromatic N) is 4. The third-order valence-electron chi connectivity index (χ3n) is 5.36. The van der Waals surface area contributed by atoms with Crippen molar-refractivity contribution in [1.82, 2.24) is 15.0 Å². The summed E-state index contributed by atoms with van der Waals surface area (Å²) < 4.78 is 25.6. The van der Waals surface area contributed by atoms with E-state index in [2.05, 4.69) is 26.5 Å². The fraction of sp³-hybridized carbons (Fsp3) is 0.526. The van der Waals surface area contributed by atoms with E-state index >= 15 is 0 Å². The number of likely N-dealkylation sites (tertiary alicyclic amines) is 1. The fourth-order valence-electron chi connectivity index (χ4n) is 3.40. The number of quaternary nitrogens is 1. The number of nitrogens with one attached hydrogen (secondary N) is 1. The van der Waals surface area contributed by atoms with Crippen molar-refractivity contribution in [3.05, 3.63) is 30.7 Å². The molecule has 0 saturated carbocycles. The van der Waals surface area contributed by atoms with E-state index in [-0.39, 0.29) is 21.5 Å². The van der Waals surface area contributed by atoms with Gasteiger partial charge in [-0.3, -0.25) is 4.99 Å². The number of aromatic nitrogens is 3. The first kappa shape index (κ1) is 20.5. The minimum absolute atomic E-state index is 0.0166. The van der Waals surface area contributed by atoms with E-state index in [0.717, 1.165) is 5.52 Å². The number of aliphatic imine (C=N–C) groups is 1. The number of nitrogens with two attached hydrogens (primary N) is 1. The molecule has 2 aromatic rings. The lowest BCUT2D eigenvalue weighted by Gasteiger charge is -2.28. The van der Waals surface area contributed by atoms with Crippen LogP contribution < -0.4 is 5.73 Å². The van der Waals surface area contributed by atoms with E-state index in [9.17, 15) is 8.42 Å². The molecule has 9 heteroatoms. The second-order valence-electron chi connectivity index (χ2n) is 8.07. The first-order valence-electron chi connectivity index (χ1n) is 9.52. The second kappa shape index (κ2) is 7.63. The minimum Gasteiger partial charge on any atom is -0.383 e. The van der Waals surface area contributed by atoms with Gasteiger partial charge in [-0.25, -0.2) is 13.9 Å². The van der Waals surface area contributed by atoms with Crippen LogP contribution >= 0.6 is 0 Å². The highest BCUT2D eigenvalue weighted by Gasteiger charge is 2.44. The normalized spacial score (nSPS) is 23.6. The van der Waals surface area contributed by atoms with Crippen molar-refractivity contribution in [3.63, 3.8) is 0 Å². The summed E-state index contributed by atoms with van der Waals surface area (Å²) in [4.78, 5) is 16.3. The Kier molecular flexibility index (Phi) is 5.58. The van der Waals surface area contributed by atoms with Crippen LogP contribution in [0.3, 0.4) is 0 Å². The van der Waals surface area contributed by atoms with Crippen molar-refractivity contribution in [2.45, 2.75) is 32.7 Å². The van der Waals surface area contributed by atoms with Crippen LogP contribution in [0.2, 0.25) is 0 Å². The molecule has 2 aromatic heterocycles. The molecule has 8 nitrogen and oxygen atoms in total. The third kappa shape index (κ3) is 4.10. The Labute approximate surface area is 166 Å². The lowest BCUT2D eigenvalue weighted by molar-refractivity contribution is -0.770. The molecular formula is C19H29N6O2S+. The van der Waals surface area contributed by atoms with E-state index < -0.39 is 10.0 Å². The molecule has 0 aliphatic carbocycles. The molecule has 152 valence electrons. The lowest BCUT2D eigenvalue weighted by atomic mass is 10.2. The molecule has 0 radical (unpaired) electrons. The zero-order valence-corrected chi connectivity index (χ0v) is 17.5. The Morgan fingerprint density at radius 2 is 2.25 bits per heavy atom. The molecule has 0 aromatic carbocycles. The molecule has 1 aliphatic rings. The largest absolute Gasteiger partial charge is 0.383 e. The summed E-state index contributed by atoms with van der Waals surface area (Å²) in [6.45, 7) is 9.04. The number of aromatic amines is 1. The van der Waals surface area contributed by atoms with Crippen LogP contribution in [0.5, 0.6) is 0 Å². The van der Waals surface area contributed by atoms with Gasteiger partial charge in [-0.15, -0.1) is 0 Å². The van der Waals surface area contributed by atoms with Crippen molar-refractivity contribution in [3.8, 4) is 0 Å². The van der Waals surface area contributed by atoms with Crippen molar-refractivity contribution in [1.29, 1.82) is 0 Å². The molecule has 1 saturated heterocycles. The molecule has 0 bridgehead atoms.